The van der Waals surface area contributed by atoms with Gasteiger partial charge < -0.3 is 15.5 Å². The van der Waals surface area contributed by atoms with Gasteiger partial charge in [0.2, 0.25) is 0 Å². The van der Waals surface area contributed by atoms with Gasteiger partial charge in [0.05, 0.1) is 12.1 Å². The standard InChI is InChI=1S/C14H22N2O2/c1-2-4-14(5-3-6-14)10-16-13(17)11-7-12(8-15)18-9-11/h7,9H,2-6,8,10,15H2,1H3,(H,16,17). The van der Waals surface area contributed by atoms with E-state index in [9.17, 15) is 4.79 Å². The molecule has 1 amide bonds. The molecule has 4 heteroatoms. The van der Waals surface area contributed by atoms with Crippen molar-refractivity contribution in [1.29, 1.82) is 0 Å². The Morgan fingerprint density at radius 1 is 1.56 bits per heavy atom. The molecule has 1 saturated carbocycles. The zero-order chi connectivity index (χ0) is 13.0. The van der Waals surface area contributed by atoms with Crippen LogP contribution in [0.15, 0.2) is 16.7 Å². The number of carbonyl (C=O) groups is 1. The van der Waals surface area contributed by atoms with E-state index < -0.39 is 0 Å². The Balaban J connectivity index is 1.87. The number of nitrogens with one attached hydrogen (secondary N) is 1. The molecule has 0 spiro atoms. The summed E-state index contributed by atoms with van der Waals surface area (Å²) in [4.78, 5) is 12.0. The Labute approximate surface area is 108 Å². The van der Waals surface area contributed by atoms with Crippen molar-refractivity contribution in [1.82, 2.24) is 5.32 Å². The maximum atomic E-state index is 12.0. The van der Waals surface area contributed by atoms with Crippen LogP contribution in [0, 0.1) is 5.41 Å². The number of rotatable bonds is 6. The van der Waals surface area contributed by atoms with Gasteiger partial charge in [-0.05, 0) is 30.7 Å². The molecule has 1 heterocycles. The van der Waals surface area contributed by atoms with Gasteiger partial charge in [-0.15, -0.1) is 0 Å². The quantitative estimate of drug-likeness (QED) is 0.814. The highest BCUT2D eigenvalue weighted by molar-refractivity contribution is 5.93. The van der Waals surface area contributed by atoms with E-state index in [4.69, 9.17) is 10.2 Å². The van der Waals surface area contributed by atoms with E-state index in [1.54, 1.807) is 6.07 Å². The zero-order valence-corrected chi connectivity index (χ0v) is 11.0. The number of nitrogens with two attached hydrogens (primary N) is 1. The first-order valence-electron chi connectivity index (χ1n) is 6.75. The number of carbonyl (C=O) groups excluding carboxylic acids is 1. The van der Waals surface area contributed by atoms with Crippen molar-refractivity contribution in [2.75, 3.05) is 6.54 Å². The van der Waals surface area contributed by atoms with Gasteiger partial charge in [0.15, 0.2) is 0 Å². The molecule has 1 aliphatic rings. The third kappa shape index (κ3) is 2.75. The highest BCUT2D eigenvalue weighted by atomic mass is 16.3. The smallest absolute Gasteiger partial charge is 0.254 e. The SMILES string of the molecule is CCCC1(CNC(=O)c2coc(CN)c2)CCC1. The predicted octanol–water partition coefficient (Wildman–Crippen LogP) is 2.44. The summed E-state index contributed by atoms with van der Waals surface area (Å²) in [5.41, 5.74) is 6.37. The molecule has 1 aliphatic carbocycles. The predicted molar refractivity (Wildman–Crippen MR) is 70.1 cm³/mol. The fourth-order valence-corrected chi connectivity index (χ4v) is 2.70. The van der Waals surface area contributed by atoms with Gasteiger partial charge in [-0.1, -0.05) is 19.8 Å². The molecular weight excluding hydrogens is 228 g/mol. The van der Waals surface area contributed by atoms with Crippen molar-refractivity contribution in [3.05, 3.63) is 23.7 Å². The van der Waals surface area contributed by atoms with Gasteiger partial charge in [0.25, 0.3) is 5.91 Å². The van der Waals surface area contributed by atoms with E-state index in [-0.39, 0.29) is 5.91 Å². The molecule has 100 valence electrons. The minimum atomic E-state index is -0.0548. The minimum absolute atomic E-state index is 0.0548. The molecule has 0 unspecified atom stereocenters. The zero-order valence-electron chi connectivity index (χ0n) is 11.0. The molecule has 0 aliphatic heterocycles. The third-order valence-corrected chi connectivity index (χ3v) is 3.94. The molecule has 0 bridgehead atoms. The van der Waals surface area contributed by atoms with Crippen LogP contribution >= 0.6 is 0 Å². The monoisotopic (exact) mass is 250 g/mol. The molecule has 2 rings (SSSR count). The molecule has 18 heavy (non-hydrogen) atoms. The van der Waals surface area contributed by atoms with Crippen LogP contribution in [0.4, 0.5) is 0 Å². The van der Waals surface area contributed by atoms with Crippen molar-refractivity contribution in [2.24, 2.45) is 11.1 Å². The van der Waals surface area contributed by atoms with Gasteiger partial charge in [-0.2, -0.15) is 0 Å². The molecule has 3 N–H and O–H groups in total. The number of amides is 1. The maximum absolute atomic E-state index is 12.0. The van der Waals surface area contributed by atoms with Crippen molar-refractivity contribution in [2.45, 2.75) is 45.6 Å². The van der Waals surface area contributed by atoms with Crippen LogP contribution < -0.4 is 11.1 Å². The van der Waals surface area contributed by atoms with E-state index in [1.165, 1.54) is 38.4 Å². The molecule has 0 saturated heterocycles. The molecule has 0 radical (unpaired) electrons. The van der Waals surface area contributed by atoms with E-state index in [1.807, 2.05) is 0 Å². The second kappa shape index (κ2) is 5.57. The van der Waals surface area contributed by atoms with Gasteiger partial charge in [-0.3, -0.25) is 4.79 Å². The lowest BCUT2D eigenvalue weighted by atomic mass is 9.66. The van der Waals surface area contributed by atoms with Crippen LogP contribution in [0.25, 0.3) is 0 Å². The fraction of sp³-hybridized carbons (Fsp3) is 0.643. The van der Waals surface area contributed by atoms with Crippen molar-refractivity contribution in [3.8, 4) is 0 Å². The summed E-state index contributed by atoms with van der Waals surface area (Å²) in [5, 5.41) is 3.02. The molecule has 1 aromatic rings. The Bertz CT molecular complexity index is 408. The fourth-order valence-electron chi connectivity index (χ4n) is 2.70. The molecule has 1 aromatic heterocycles. The van der Waals surface area contributed by atoms with Crippen LogP contribution in [0.2, 0.25) is 0 Å². The summed E-state index contributed by atoms with van der Waals surface area (Å²) in [6.07, 6.45) is 7.62. The van der Waals surface area contributed by atoms with E-state index >= 15 is 0 Å². The van der Waals surface area contributed by atoms with Gasteiger partial charge >= 0.3 is 0 Å². The number of hydrogen-bond acceptors (Lipinski definition) is 3. The summed E-state index contributed by atoms with van der Waals surface area (Å²) in [6.45, 7) is 3.31. The summed E-state index contributed by atoms with van der Waals surface area (Å²) in [5.74, 6) is 0.591. The maximum Gasteiger partial charge on any atom is 0.254 e. The third-order valence-electron chi connectivity index (χ3n) is 3.94. The second-order valence-corrected chi connectivity index (χ2v) is 5.29. The summed E-state index contributed by atoms with van der Waals surface area (Å²) in [7, 11) is 0. The summed E-state index contributed by atoms with van der Waals surface area (Å²) < 4.78 is 5.17. The van der Waals surface area contributed by atoms with E-state index in [0.717, 1.165) is 6.54 Å². The lowest BCUT2D eigenvalue weighted by Crippen LogP contribution is -2.42. The summed E-state index contributed by atoms with van der Waals surface area (Å²) in [6, 6.07) is 1.71. The average molecular weight is 250 g/mol. The second-order valence-electron chi connectivity index (χ2n) is 5.29. The van der Waals surface area contributed by atoms with Crippen LogP contribution in [-0.2, 0) is 6.54 Å². The van der Waals surface area contributed by atoms with Crippen LogP contribution in [0.3, 0.4) is 0 Å². The normalized spacial score (nSPS) is 17.2. The highest BCUT2D eigenvalue weighted by Gasteiger charge is 2.36. The van der Waals surface area contributed by atoms with Crippen LogP contribution in [0.5, 0.6) is 0 Å². The molecule has 0 aromatic carbocycles. The first-order valence-corrected chi connectivity index (χ1v) is 6.75. The number of hydrogen-bond donors (Lipinski definition) is 2. The Kier molecular flexibility index (Phi) is 4.07. The highest BCUT2D eigenvalue weighted by Crippen LogP contribution is 2.44. The summed E-state index contributed by atoms with van der Waals surface area (Å²) >= 11 is 0. The lowest BCUT2D eigenvalue weighted by Gasteiger charge is -2.42. The molecule has 4 nitrogen and oxygen atoms in total. The van der Waals surface area contributed by atoms with Crippen molar-refractivity contribution < 1.29 is 9.21 Å². The lowest BCUT2D eigenvalue weighted by molar-refractivity contribution is 0.0832. The topological polar surface area (TPSA) is 68.3 Å². The Morgan fingerprint density at radius 3 is 2.83 bits per heavy atom. The van der Waals surface area contributed by atoms with Gasteiger partial charge in [-0.25, -0.2) is 0 Å². The van der Waals surface area contributed by atoms with Crippen molar-refractivity contribution in [3.63, 3.8) is 0 Å². The van der Waals surface area contributed by atoms with Gasteiger partial charge in [0, 0.05) is 6.54 Å². The number of furan rings is 1. The van der Waals surface area contributed by atoms with Crippen molar-refractivity contribution >= 4 is 5.91 Å². The molecular formula is C14H22N2O2. The minimum Gasteiger partial charge on any atom is -0.467 e. The van der Waals surface area contributed by atoms with Gasteiger partial charge in [0.1, 0.15) is 12.0 Å². The average Bonchev–Trinajstić information content (AvgIpc) is 2.80. The van der Waals surface area contributed by atoms with Crippen LogP contribution in [0.1, 0.15) is 55.1 Å². The van der Waals surface area contributed by atoms with E-state index in [2.05, 4.69) is 12.2 Å². The first-order chi connectivity index (χ1) is 8.69. The largest absolute Gasteiger partial charge is 0.467 e. The molecule has 1 fully saturated rings. The van der Waals surface area contributed by atoms with E-state index in [0.29, 0.717) is 23.3 Å². The first kappa shape index (κ1) is 13.1. The molecule has 0 atom stereocenters. The Morgan fingerprint density at radius 2 is 2.33 bits per heavy atom. The Hall–Kier alpha value is -1.29. The van der Waals surface area contributed by atoms with Crippen LogP contribution in [-0.4, -0.2) is 12.5 Å².